The average Bonchev–Trinajstić information content (AvgIpc) is 2.55. The van der Waals surface area contributed by atoms with Gasteiger partial charge >= 0.3 is 0 Å². The normalized spacial score (nSPS) is 19.6. The monoisotopic (exact) mass is 374 g/mol. The molecular weight excluding hydrogens is 348 g/mol. The summed E-state index contributed by atoms with van der Waals surface area (Å²) in [5.74, 6) is 0. The maximum atomic E-state index is 13.0. The zero-order chi connectivity index (χ0) is 18.9. The number of nitrogens with zero attached hydrogens (tertiary/aromatic N) is 1. The van der Waals surface area contributed by atoms with Gasteiger partial charge in [-0.25, -0.2) is 0 Å². The summed E-state index contributed by atoms with van der Waals surface area (Å²) in [7, 11) is 0. The molecule has 26 heavy (non-hydrogen) atoms. The van der Waals surface area contributed by atoms with Crippen molar-refractivity contribution in [2.24, 2.45) is 0 Å². The number of hydrogen-bond acceptors (Lipinski definition) is 3. The Kier molecular flexibility index (Phi) is 5.56. The van der Waals surface area contributed by atoms with Crippen LogP contribution < -0.4 is 10.9 Å². The summed E-state index contributed by atoms with van der Waals surface area (Å²) in [5, 5.41) is 5.03. The number of halogens is 1. The lowest BCUT2D eigenvalue weighted by Crippen LogP contribution is -2.44. The lowest BCUT2D eigenvalue weighted by molar-refractivity contribution is -0.0630. The Hall–Kier alpha value is -1.62. The van der Waals surface area contributed by atoms with Crippen molar-refractivity contribution in [3.05, 3.63) is 57.4 Å². The van der Waals surface area contributed by atoms with Crippen LogP contribution in [0, 0.1) is 6.92 Å². The highest BCUT2D eigenvalue weighted by molar-refractivity contribution is 6.29. The van der Waals surface area contributed by atoms with Crippen molar-refractivity contribution in [2.75, 3.05) is 6.61 Å². The highest BCUT2D eigenvalue weighted by Gasteiger charge is 2.28. The number of fused-ring (bicyclic) bond motifs is 1. The number of pyridine rings is 1. The quantitative estimate of drug-likeness (QED) is 0.856. The molecule has 0 radical (unpaired) electrons. The fourth-order valence-electron chi connectivity index (χ4n) is 3.66. The van der Waals surface area contributed by atoms with Crippen molar-refractivity contribution in [3.63, 3.8) is 0 Å². The molecule has 1 aromatic heterocycles. The van der Waals surface area contributed by atoms with Crippen LogP contribution in [-0.2, 0) is 17.8 Å². The van der Waals surface area contributed by atoms with Crippen molar-refractivity contribution in [1.29, 1.82) is 0 Å². The van der Waals surface area contributed by atoms with Gasteiger partial charge in [-0.05, 0) is 56.7 Å². The van der Waals surface area contributed by atoms with Crippen LogP contribution in [0.2, 0.25) is 0 Å². The van der Waals surface area contributed by atoms with Gasteiger partial charge < -0.3 is 14.6 Å². The third-order valence-corrected chi connectivity index (χ3v) is 5.05. The number of aryl methyl sites for hydroxylation is 1. The number of hydrogen-bond donors (Lipinski definition) is 1. The third kappa shape index (κ3) is 4.37. The molecule has 1 atom stereocenters. The molecule has 0 aliphatic carbocycles. The number of aromatic nitrogens is 1. The Bertz CT molecular complexity index is 885. The molecule has 140 valence electrons. The first-order valence-electron chi connectivity index (χ1n) is 9.09. The van der Waals surface area contributed by atoms with Crippen LogP contribution in [0.1, 0.15) is 37.8 Å². The minimum atomic E-state index is -0.118. The topological polar surface area (TPSA) is 43.3 Å². The van der Waals surface area contributed by atoms with Gasteiger partial charge in [-0.1, -0.05) is 30.3 Å². The molecular formula is C21H27ClN2O2. The van der Waals surface area contributed by atoms with Crippen molar-refractivity contribution < 1.29 is 4.74 Å². The Morgan fingerprint density at radius 3 is 2.88 bits per heavy atom. The number of rotatable bonds is 5. The van der Waals surface area contributed by atoms with E-state index in [1.807, 2.05) is 19.1 Å². The lowest BCUT2D eigenvalue weighted by Gasteiger charge is -2.36. The predicted molar refractivity (Wildman–Crippen MR) is 108 cm³/mol. The van der Waals surface area contributed by atoms with E-state index in [2.05, 4.69) is 37.9 Å². The van der Waals surface area contributed by atoms with E-state index in [0.29, 0.717) is 24.2 Å². The van der Waals surface area contributed by atoms with E-state index in [0.717, 1.165) is 41.5 Å². The molecule has 0 saturated carbocycles. The summed E-state index contributed by atoms with van der Waals surface area (Å²) in [6.07, 6.45) is 1.90. The highest BCUT2D eigenvalue weighted by Crippen LogP contribution is 2.24. The molecule has 1 unspecified atom stereocenters. The Morgan fingerprint density at radius 2 is 2.19 bits per heavy atom. The first-order chi connectivity index (χ1) is 12.2. The maximum Gasteiger partial charge on any atom is 0.255 e. The lowest BCUT2D eigenvalue weighted by atomic mass is 9.94. The molecule has 2 aromatic rings. The fraction of sp³-hybridized carbons (Fsp3) is 0.476. The highest BCUT2D eigenvalue weighted by atomic mass is 35.5. The predicted octanol–water partition coefficient (Wildman–Crippen LogP) is 4.11. The summed E-state index contributed by atoms with van der Waals surface area (Å²) in [5.41, 5.74) is 2.63. The second kappa shape index (κ2) is 7.55. The maximum absolute atomic E-state index is 13.0. The molecule has 1 aliphatic heterocycles. The first-order valence-corrected chi connectivity index (χ1v) is 9.47. The fourth-order valence-corrected chi connectivity index (χ4v) is 3.78. The van der Waals surface area contributed by atoms with Crippen molar-refractivity contribution in [1.82, 2.24) is 9.88 Å². The summed E-state index contributed by atoms with van der Waals surface area (Å²) in [6.45, 7) is 11.6. The molecule has 0 spiro atoms. The van der Waals surface area contributed by atoms with E-state index in [-0.39, 0.29) is 11.2 Å². The summed E-state index contributed by atoms with van der Waals surface area (Å²) in [4.78, 5) is 13.0. The van der Waals surface area contributed by atoms with Crippen LogP contribution in [0.15, 0.2) is 40.7 Å². The molecule has 1 aliphatic rings. The number of allylic oxidation sites excluding steroid dienone is 1. The molecule has 0 bridgehead atoms. The molecule has 1 saturated heterocycles. The van der Waals surface area contributed by atoms with Crippen molar-refractivity contribution in [3.8, 4) is 0 Å². The number of nitrogens with one attached hydrogen (secondary N) is 1. The van der Waals surface area contributed by atoms with Crippen LogP contribution in [-0.4, -0.2) is 22.8 Å². The standard InChI is InChI=1S/C21H27ClN2O2/c1-14-5-6-16-10-17(12-23-18-7-8-26-21(3,4)11-18)20(25)24(13-15(2)22)19(16)9-14/h5-6,9-10,18,23H,2,7-8,11-13H2,1,3-4H3. The van der Waals surface area contributed by atoms with Crippen LogP contribution in [0.4, 0.5) is 0 Å². The van der Waals surface area contributed by atoms with Crippen molar-refractivity contribution in [2.45, 2.75) is 58.3 Å². The van der Waals surface area contributed by atoms with E-state index >= 15 is 0 Å². The molecule has 1 aromatic carbocycles. The van der Waals surface area contributed by atoms with E-state index in [1.165, 1.54) is 0 Å². The van der Waals surface area contributed by atoms with E-state index < -0.39 is 0 Å². The molecule has 0 amide bonds. The van der Waals surface area contributed by atoms with Crippen LogP contribution >= 0.6 is 11.6 Å². The largest absolute Gasteiger partial charge is 0.375 e. The number of ether oxygens (including phenoxy) is 1. The minimum absolute atomic E-state index is 0.0104. The van der Waals surface area contributed by atoms with Crippen LogP contribution in [0.5, 0.6) is 0 Å². The van der Waals surface area contributed by atoms with Gasteiger partial charge in [0.25, 0.3) is 5.56 Å². The Labute approximate surface area is 159 Å². The summed E-state index contributed by atoms with van der Waals surface area (Å²) < 4.78 is 7.50. The Morgan fingerprint density at radius 1 is 1.42 bits per heavy atom. The smallest absolute Gasteiger partial charge is 0.255 e. The second-order valence-corrected chi connectivity index (χ2v) is 8.35. The molecule has 5 heteroatoms. The SMILES string of the molecule is C=C(Cl)Cn1c(=O)c(CNC2CCOC(C)(C)C2)cc2ccc(C)cc21. The van der Waals surface area contributed by atoms with Gasteiger partial charge in [0.05, 0.1) is 17.7 Å². The van der Waals surface area contributed by atoms with Gasteiger partial charge in [-0.2, -0.15) is 0 Å². The van der Waals surface area contributed by atoms with Crippen LogP contribution in [0.25, 0.3) is 10.9 Å². The van der Waals surface area contributed by atoms with E-state index in [9.17, 15) is 4.79 Å². The molecule has 4 nitrogen and oxygen atoms in total. The minimum Gasteiger partial charge on any atom is -0.375 e. The van der Waals surface area contributed by atoms with E-state index in [1.54, 1.807) is 4.57 Å². The average molecular weight is 375 g/mol. The molecule has 3 rings (SSSR count). The van der Waals surface area contributed by atoms with E-state index in [4.69, 9.17) is 16.3 Å². The van der Waals surface area contributed by atoms with Gasteiger partial charge in [0.2, 0.25) is 0 Å². The van der Waals surface area contributed by atoms with Gasteiger partial charge in [0.15, 0.2) is 0 Å². The summed E-state index contributed by atoms with van der Waals surface area (Å²) >= 11 is 6.02. The zero-order valence-corrected chi connectivity index (χ0v) is 16.5. The molecule has 1 fully saturated rings. The van der Waals surface area contributed by atoms with Gasteiger partial charge in [0, 0.05) is 29.8 Å². The van der Waals surface area contributed by atoms with Gasteiger partial charge in [-0.15, -0.1) is 0 Å². The number of benzene rings is 1. The van der Waals surface area contributed by atoms with Gasteiger partial charge in [0.1, 0.15) is 0 Å². The first kappa shape index (κ1) is 19.2. The van der Waals surface area contributed by atoms with Crippen LogP contribution in [0.3, 0.4) is 0 Å². The zero-order valence-electron chi connectivity index (χ0n) is 15.8. The molecule has 1 N–H and O–H groups in total. The molecule has 2 heterocycles. The third-order valence-electron chi connectivity index (χ3n) is 4.93. The van der Waals surface area contributed by atoms with Crippen molar-refractivity contribution >= 4 is 22.5 Å². The Balaban J connectivity index is 1.91. The summed E-state index contributed by atoms with van der Waals surface area (Å²) in [6, 6.07) is 8.48. The second-order valence-electron chi connectivity index (χ2n) is 7.82. The van der Waals surface area contributed by atoms with Gasteiger partial charge in [-0.3, -0.25) is 4.79 Å².